The third kappa shape index (κ3) is 3.93. The van der Waals surface area contributed by atoms with Gasteiger partial charge in [0, 0.05) is 5.69 Å². The largest absolute Gasteiger partial charge is 0.324 e. The van der Waals surface area contributed by atoms with Crippen LogP contribution >= 0.6 is 0 Å². The molecule has 0 bridgehead atoms. The summed E-state index contributed by atoms with van der Waals surface area (Å²) < 4.78 is 29.1. The van der Waals surface area contributed by atoms with E-state index in [1.165, 1.54) is 41.3 Å². The molecule has 1 N–H and O–H groups in total. The predicted octanol–water partition coefficient (Wildman–Crippen LogP) is 2.26. The molecule has 0 saturated carbocycles. The summed E-state index contributed by atoms with van der Waals surface area (Å²) in [5, 5.41) is 10.4. The van der Waals surface area contributed by atoms with E-state index in [4.69, 9.17) is 0 Å². The third-order valence-corrected chi connectivity index (χ3v) is 4.49. The van der Waals surface area contributed by atoms with E-state index in [0.717, 1.165) is 4.57 Å². The van der Waals surface area contributed by atoms with Crippen LogP contribution in [0.15, 0.2) is 53.6 Å². The Balaban J connectivity index is 1.55. The molecular weight excluding hydrogens is 394 g/mol. The van der Waals surface area contributed by atoms with Crippen LogP contribution in [0.1, 0.15) is 11.1 Å². The summed E-state index contributed by atoms with van der Waals surface area (Å²) in [6, 6.07) is 9.97. The first-order chi connectivity index (χ1) is 14.4. The Bertz CT molecular complexity index is 1310. The second kappa shape index (κ2) is 7.82. The zero-order valence-corrected chi connectivity index (χ0v) is 15.8. The highest BCUT2D eigenvalue weighted by atomic mass is 19.1. The number of anilines is 1. The number of rotatable bonds is 5. The Morgan fingerprint density at radius 2 is 1.93 bits per heavy atom. The minimum atomic E-state index is -0.531. The Hall–Kier alpha value is -3.95. The van der Waals surface area contributed by atoms with E-state index in [1.807, 2.05) is 0 Å². The molecule has 152 valence electrons. The minimum absolute atomic E-state index is 0.000309. The number of hydrogen-bond donors (Lipinski definition) is 1. The molecule has 4 aromatic rings. The smallest absolute Gasteiger partial charge is 0.283 e. The molecule has 4 rings (SSSR count). The number of fused-ring (bicyclic) bond motifs is 1. The van der Waals surface area contributed by atoms with Crippen molar-refractivity contribution in [2.24, 2.45) is 0 Å². The van der Waals surface area contributed by atoms with Gasteiger partial charge in [0.15, 0.2) is 11.2 Å². The summed E-state index contributed by atoms with van der Waals surface area (Å²) in [7, 11) is 0. The van der Waals surface area contributed by atoms with E-state index in [1.54, 1.807) is 19.1 Å². The van der Waals surface area contributed by atoms with Crippen LogP contribution in [-0.2, 0) is 17.9 Å². The second-order valence-corrected chi connectivity index (χ2v) is 6.73. The molecular formula is C20H16F2N6O2. The molecule has 30 heavy (non-hydrogen) atoms. The molecule has 0 aliphatic heterocycles. The maximum absolute atomic E-state index is 13.4. The average Bonchev–Trinajstić information content (AvgIpc) is 3.10. The molecule has 0 spiro atoms. The number of nitrogens with one attached hydrogen (secondary N) is 1. The number of carbonyl (C=O) groups is 1. The van der Waals surface area contributed by atoms with E-state index in [9.17, 15) is 18.4 Å². The van der Waals surface area contributed by atoms with Crippen LogP contribution in [-0.4, -0.2) is 30.5 Å². The van der Waals surface area contributed by atoms with Gasteiger partial charge in [0.25, 0.3) is 5.56 Å². The molecule has 0 atom stereocenters. The van der Waals surface area contributed by atoms with Gasteiger partial charge in [0.2, 0.25) is 5.91 Å². The normalized spacial score (nSPS) is 11.0. The quantitative estimate of drug-likeness (QED) is 0.545. The number of hydrogen-bond acceptors (Lipinski definition) is 5. The van der Waals surface area contributed by atoms with Crippen LogP contribution < -0.4 is 10.9 Å². The molecule has 8 nitrogen and oxygen atoms in total. The topological polar surface area (TPSA) is 94.7 Å². The predicted molar refractivity (Wildman–Crippen MR) is 105 cm³/mol. The van der Waals surface area contributed by atoms with Crippen LogP contribution in [0.5, 0.6) is 0 Å². The van der Waals surface area contributed by atoms with Crippen LogP contribution in [0.25, 0.3) is 11.2 Å². The molecule has 0 aliphatic carbocycles. The highest BCUT2D eigenvalue weighted by Gasteiger charge is 2.15. The molecule has 2 aromatic carbocycles. The zero-order chi connectivity index (χ0) is 21.3. The second-order valence-electron chi connectivity index (χ2n) is 6.73. The van der Waals surface area contributed by atoms with E-state index in [-0.39, 0.29) is 30.1 Å². The van der Waals surface area contributed by atoms with Crippen molar-refractivity contribution in [3.05, 3.63) is 81.9 Å². The van der Waals surface area contributed by atoms with E-state index in [2.05, 4.69) is 20.6 Å². The van der Waals surface area contributed by atoms with Gasteiger partial charge in [0.1, 0.15) is 24.5 Å². The molecule has 0 aliphatic rings. The Labute approximate surface area is 168 Å². The first-order valence-corrected chi connectivity index (χ1v) is 9.00. The fraction of sp³-hybridized carbons (Fsp3) is 0.150. The fourth-order valence-corrected chi connectivity index (χ4v) is 3.03. The molecule has 0 unspecified atom stereocenters. The maximum Gasteiger partial charge on any atom is 0.283 e. The Morgan fingerprint density at radius 1 is 1.13 bits per heavy atom. The van der Waals surface area contributed by atoms with Gasteiger partial charge in [-0.15, -0.1) is 5.10 Å². The average molecular weight is 410 g/mol. The van der Waals surface area contributed by atoms with Gasteiger partial charge in [-0.05, 0) is 48.4 Å². The number of carbonyl (C=O) groups excluding carboxylic acids is 1. The van der Waals surface area contributed by atoms with Crippen molar-refractivity contribution in [3.8, 4) is 0 Å². The number of nitrogens with zero attached hydrogens (tertiary/aromatic N) is 5. The lowest BCUT2D eigenvalue weighted by atomic mass is 10.2. The van der Waals surface area contributed by atoms with Crippen molar-refractivity contribution in [3.63, 3.8) is 0 Å². The lowest BCUT2D eigenvalue weighted by Crippen LogP contribution is -2.28. The summed E-state index contributed by atoms with van der Waals surface area (Å²) in [5.74, 6) is -1.26. The van der Waals surface area contributed by atoms with Crippen molar-refractivity contribution in [1.82, 2.24) is 24.5 Å². The highest BCUT2D eigenvalue weighted by molar-refractivity contribution is 5.91. The number of aromatic nitrogens is 5. The van der Waals surface area contributed by atoms with Crippen molar-refractivity contribution in [2.45, 2.75) is 20.0 Å². The number of benzene rings is 2. The van der Waals surface area contributed by atoms with Crippen molar-refractivity contribution < 1.29 is 13.6 Å². The molecule has 2 aromatic heterocycles. The van der Waals surface area contributed by atoms with Crippen LogP contribution in [0.4, 0.5) is 14.5 Å². The van der Waals surface area contributed by atoms with Gasteiger partial charge in [-0.1, -0.05) is 17.3 Å². The number of halogens is 2. The maximum atomic E-state index is 13.4. The van der Waals surface area contributed by atoms with Gasteiger partial charge in [-0.25, -0.2) is 18.4 Å². The van der Waals surface area contributed by atoms with Gasteiger partial charge >= 0.3 is 0 Å². The van der Waals surface area contributed by atoms with Crippen molar-refractivity contribution in [1.29, 1.82) is 0 Å². The minimum Gasteiger partial charge on any atom is -0.324 e. The monoisotopic (exact) mass is 410 g/mol. The van der Waals surface area contributed by atoms with Crippen LogP contribution in [0.2, 0.25) is 0 Å². The third-order valence-electron chi connectivity index (χ3n) is 4.49. The zero-order valence-electron chi connectivity index (χ0n) is 15.8. The lowest BCUT2D eigenvalue weighted by Gasteiger charge is -2.09. The first-order valence-electron chi connectivity index (χ1n) is 9.00. The Kier molecular flexibility index (Phi) is 5.05. The fourth-order valence-electron chi connectivity index (χ4n) is 3.03. The Morgan fingerprint density at radius 3 is 2.70 bits per heavy atom. The summed E-state index contributed by atoms with van der Waals surface area (Å²) in [6.45, 7) is 1.56. The van der Waals surface area contributed by atoms with Crippen molar-refractivity contribution in [2.75, 3.05) is 5.32 Å². The van der Waals surface area contributed by atoms with Gasteiger partial charge < -0.3 is 5.32 Å². The molecule has 0 radical (unpaired) electrons. The van der Waals surface area contributed by atoms with Gasteiger partial charge in [-0.3, -0.25) is 14.2 Å². The molecule has 2 heterocycles. The number of amides is 1. The molecule has 0 fully saturated rings. The van der Waals surface area contributed by atoms with Crippen LogP contribution in [0, 0.1) is 18.6 Å². The van der Waals surface area contributed by atoms with Gasteiger partial charge in [0.05, 0.1) is 6.54 Å². The van der Waals surface area contributed by atoms with E-state index in [0.29, 0.717) is 16.8 Å². The lowest BCUT2D eigenvalue weighted by molar-refractivity contribution is -0.116. The summed E-state index contributed by atoms with van der Waals surface area (Å²) >= 11 is 0. The summed E-state index contributed by atoms with van der Waals surface area (Å²) in [5.41, 5.74) is 1.35. The summed E-state index contributed by atoms with van der Waals surface area (Å²) in [6.07, 6.45) is 1.23. The molecule has 1 amide bonds. The van der Waals surface area contributed by atoms with Crippen LogP contribution in [0.3, 0.4) is 0 Å². The molecule has 0 saturated heterocycles. The number of aryl methyl sites for hydroxylation is 1. The van der Waals surface area contributed by atoms with E-state index < -0.39 is 17.3 Å². The molecule has 10 heteroatoms. The van der Waals surface area contributed by atoms with Crippen molar-refractivity contribution >= 4 is 22.8 Å². The SMILES string of the molecule is Cc1cc(F)ccc1NC(=O)Cn1cnc2c(nnn2Cc2cccc(F)c2)c1=O. The van der Waals surface area contributed by atoms with E-state index >= 15 is 0 Å². The summed E-state index contributed by atoms with van der Waals surface area (Å²) in [4.78, 5) is 29.2. The van der Waals surface area contributed by atoms with Gasteiger partial charge in [-0.2, -0.15) is 0 Å². The standard InChI is InChI=1S/C20H16F2N6O2/c1-12-7-15(22)5-6-16(12)24-17(29)10-27-11-23-19-18(20(27)30)25-26-28(19)9-13-3-2-4-14(21)8-13/h2-8,11H,9-10H2,1H3,(H,24,29). The first kappa shape index (κ1) is 19.4. The highest BCUT2D eigenvalue weighted by Crippen LogP contribution is 2.15.